The highest BCUT2D eigenvalue weighted by Crippen LogP contribution is 2.42. The average Bonchev–Trinajstić information content (AvgIpc) is 2.61. The van der Waals surface area contributed by atoms with Crippen molar-refractivity contribution in [2.24, 2.45) is 0 Å². The van der Waals surface area contributed by atoms with Crippen molar-refractivity contribution in [2.45, 2.75) is 6.92 Å². The number of carbonyl (C=O) groups is 2. The predicted molar refractivity (Wildman–Crippen MR) is 71.8 cm³/mol. The van der Waals surface area contributed by atoms with E-state index in [0.29, 0.717) is 17.7 Å². The third kappa shape index (κ3) is 2.77. The van der Waals surface area contributed by atoms with E-state index in [2.05, 4.69) is 0 Å². The summed E-state index contributed by atoms with van der Waals surface area (Å²) in [4.78, 5) is 25.3. The summed E-state index contributed by atoms with van der Waals surface area (Å²) < 4.78 is 17.1. The van der Waals surface area contributed by atoms with E-state index in [1.807, 2.05) is 0 Å². The van der Waals surface area contributed by atoms with Gasteiger partial charge >= 0.3 is 0 Å². The molecule has 0 aliphatic carbocycles. The van der Waals surface area contributed by atoms with Crippen molar-refractivity contribution >= 4 is 19.2 Å². The zero-order chi connectivity index (χ0) is 14.0. The van der Waals surface area contributed by atoms with E-state index in [1.54, 1.807) is 31.2 Å². The normalized spacial score (nSPS) is 17.5. The molecule has 1 aliphatic heterocycles. The van der Waals surface area contributed by atoms with E-state index in [9.17, 15) is 14.2 Å². The molecule has 1 aliphatic rings. The minimum absolute atomic E-state index is 0.125. The van der Waals surface area contributed by atoms with Crippen LogP contribution >= 0.6 is 7.37 Å². The minimum Gasteiger partial charge on any atom is -0.329 e. The molecule has 0 aromatic heterocycles. The zero-order valence-electron chi connectivity index (χ0n) is 11.0. The smallest absolute Gasteiger partial charge is 0.261 e. The molecule has 5 nitrogen and oxygen atoms in total. The molecule has 0 saturated heterocycles. The van der Waals surface area contributed by atoms with Gasteiger partial charge in [0, 0.05) is 19.4 Å². The van der Waals surface area contributed by atoms with Gasteiger partial charge in [-0.15, -0.1) is 0 Å². The molecule has 1 unspecified atom stereocenters. The number of hydrogen-bond acceptors (Lipinski definition) is 4. The topological polar surface area (TPSA) is 63.7 Å². The third-order valence-electron chi connectivity index (χ3n) is 3.01. The molecule has 6 heteroatoms. The molecule has 0 saturated carbocycles. The summed E-state index contributed by atoms with van der Waals surface area (Å²) in [6.45, 7) is 3.77. The summed E-state index contributed by atoms with van der Waals surface area (Å²) in [5.74, 6) is -0.644. The molecular weight excluding hydrogens is 265 g/mol. The van der Waals surface area contributed by atoms with Gasteiger partial charge in [0.2, 0.25) is 7.37 Å². The van der Waals surface area contributed by atoms with Gasteiger partial charge in [0.1, 0.15) is 0 Å². The van der Waals surface area contributed by atoms with Gasteiger partial charge in [-0.2, -0.15) is 0 Å². The summed E-state index contributed by atoms with van der Waals surface area (Å²) in [6.07, 6.45) is 0.187. The Morgan fingerprint density at radius 2 is 1.68 bits per heavy atom. The molecule has 2 rings (SSSR count). The second-order valence-corrected chi connectivity index (χ2v) is 7.20. The first-order valence-electron chi connectivity index (χ1n) is 6.12. The molecule has 0 radical (unpaired) electrons. The van der Waals surface area contributed by atoms with Crippen LogP contribution in [0.5, 0.6) is 0 Å². The fraction of sp³-hybridized carbons (Fsp3) is 0.385. The molecule has 0 N–H and O–H groups in total. The largest absolute Gasteiger partial charge is 0.329 e. The average molecular weight is 281 g/mol. The van der Waals surface area contributed by atoms with Crippen molar-refractivity contribution in [1.82, 2.24) is 4.90 Å². The van der Waals surface area contributed by atoms with Gasteiger partial charge < -0.3 is 4.52 Å². The Morgan fingerprint density at radius 1 is 1.16 bits per heavy atom. The molecule has 0 spiro atoms. The maximum Gasteiger partial charge on any atom is 0.261 e. The maximum atomic E-state index is 12.1. The number of benzene rings is 1. The summed E-state index contributed by atoms with van der Waals surface area (Å²) in [6, 6.07) is 6.70. The monoisotopic (exact) mass is 281 g/mol. The Bertz CT molecular complexity index is 535. The molecule has 19 heavy (non-hydrogen) atoms. The van der Waals surface area contributed by atoms with Crippen LogP contribution in [0.2, 0.25) is 0 Å². The van der Waals surface area contributed by atoms with Crippen LogP contribution in [0.25, 0.3) is 0 Å². The van der Waals surface area contributed by atoms with Gasteiger partial charge in [-0.05, 0) is 19.1 Å². The van der Waals surface area contributed by atoms with Gasteiger partial charge in [-0.25, -0.2) is 0 Å². The third-order valence-corrected chi connectivity index (χ3v) is 4.83. The van der Waals surface area contributed by atoms with Crippen molar-refractivity contribution in [1.29, 1.82) is 0 Å². The van der Waals surface area contributed by atoms with Crippen molar-refractivity contribution in [3.8, 4) is 0 Å². The van der Waals surface area contributed by atoms with Gasteiger partial charge in [0.15, 0.2) is 0 Å². The maximum absolute atomic E-state index is 12.1. The van der Waals surface area contributed by atoms with Crippen LogP contribution in [0, 0.1) is 0 Å². The Kier molecular flexibility index (Phi) is 3.88. The summed E-state index contributed by atoms with van der Waals surface area (Å²) >= 11 is 0. The Balaban J connectivity index is 2.11. The quantitative estimate of drug-likeness (QED) is 0.613. The lowest BCUT2D eigenvalue weighted by molar-refractivity contribution is 0.0663. The first kappa shape index (κ1) is 14.0. The summed E-state index contributed by atoms with van der Waals surface area (Å²) in [7, 11) is -2.74. The molecule has 0 fully saturated rings. The molecule has 1 aromatic rings. The first-order valence-corrected chi connectivity index (χ1v) is 8.38. The highest BCUT2D eigenvalue weighted by atomic mass is 31.2. The number of hydrogen-bond donors (Lipinski definition) is 0. The highest BCUT2D eigenvalue weighted by Gasteiger charge is 2.35. The number of fused-ring (bicyclic) bond motifs is 1. The van der Waals surface area contributed by atoms with Crippen LogP contribution in [0.3, 0.4) is 0 Å². The lowest BCUT2D eigenvalue weighted by Gasteiger charge is -2.17. The van der Waals surface area contributed by atoms with E-state index in [4.69, 9.17) is 4.52 Å². The number of imide groups is 1. The highest BCUT2D eigenvalue weighted by molar-refractivity contribution is 7.58. The second-order valence-electron chi connectivity index (χ2n) is 4.46. The second kappa shape index (κ2) is 5.27. The Morgan fingerprint density at radius 3 is 2.16 bits per heavy atom. The van der Waals surface area contributed by atoms with E-state index in [-0.39, 0.29) is 24.5 Å². The lowest BCUT2D eigenvalue weighted by atomic mass is 10.1. The van der Waals surface area contributed by atoms with Crippen LogP contribution < -0.4 is 0 Å². The van der Waals surface area contributed by atoms with Crippen LogP contribution in [0.1, 0.15) is 27.6 Å². The Hall–Kier alpha value is -1.45. The molecule has 1 heterocycles. The standard InChI is InChI=1S/C13H16NO4P/c1-3-18-19(2,17)9-8-14-12(15)10-6-4-5-7-11(10)13(14)16/h4-7H,3,8-9H2,1-2H3. The van der Waals surface area contributed by atoms with Crippen molar-refractivity contribution in [3.63, 3.8) is 0 Å². The van der Waals surface area contributed by atoms with Gasteiger partial charge in [0.25, 0.3) is 11.8 Å². The van der Waals surface area contributed by atoms with Crippen molar-refractivity contribution < 1.29 is 18.7 Å². The van der Waals surface area contributed by atoms with Crippen molar-refractivity contribution in [2.75, 3.05) is 26.0 Å². The minimum atomic E-state index is -2.74. The number of amides is 2. The molecule has 0 bridgehead atoms. The molecule has 1 aromatic carbocycles. The van der Waals surface area contributed by atoms with Crippen LogP contribution in [0.15, 0.2) is 24.3 Å². The fourth-order valence-electron chi connectivity index (χ4n) is 2.06. The van der Waals surface area contributed by atoms with Crippen molar-refractivity contribution in [3.05, 3.63) is 35.4 Å². The van der Waals surface area contributed by atoms with Crippen LogP contribution in [-0.2, 0) is 9.09 Å². The SMILES string of the molecule is CCOP(C)(=O)CCN1C(=O)c2ccccc2C1=O. The van der Waals surface area contributed by atoms with Gasteiger partial charge in [-0.1, -0.05) is 12.1 Å². The van der Waals surface area contributed by atoms with E-state index in [0.717, 1.165) is 4.90 Å². The molecule has 2 amide bonds. The summed E-state index contributed by atoms with van der Waals surface area (Å²) in [5, 5.41) is 0. The van der Waals surface area contributed by atoms with Gasteiger partial charge in [-0.3, -0.25) is 19.1 Å². The Labute approximate surface area is 112 Å². The summed E-state index contributed by atoms with van der Waals surface area (Å²) in [5.41, 5.74) is 0.824. The number of rotatable bonds is 5. The zero-order valence-corrected chi connectivity index (χ0v) is 11.9. The van der Waals surface area contributed by atoms with Crippen LogP contribution in [0.4, 0.5) is 0 Å². The number of carbonyl (C=O) groups excluding carboxylic acids is 2. The van der Waals surface area contributed by atoms with E-state index < -0.39 is 7.37 Å². The van der Waals surface area contributed by atoms with Crippen LogP contribution in [-0.4, -0.2) is 42.7 Å². The molecule has 102 valence electrons. The van der Waals surface area contributed by atoms with E-state index >= 15 is 0 Å². The van der Waals surface area contributed by atoms with Gasteiger partial charge in [0.05, 0.1) is 17.7 Å². The predicted octanol–water partition coefficient (Wildman–Crippen LogP) is 2.23. The molecular formula is C13H16NO4P. The first-order chi connectivity index (χ1) is 8.96. The number of nitrogens with zero attached hydrogens (tertiary/aromatic N) is 1. The molecule has 1 atom stereocenters. The lowest BCUT2D eigenvalue weighted by Crippen LogP contribution is -2.32. The fourth-order valence-corrected chi connectivity index (χ4v) is 3.30. The van der Waals surface area contributed by atoms with E-state index in [1.165, 1.54) is 6.66 Å².